The molecule has 2 aromatic rings. The lowest BCUT2D eigenvalue weighted by molar-refractivity contribution is -0.682. The third-order valence-electron chi connectivity index (χ3n) is 3.94. The maximum Gasteiger partial charge on any atom is 0.387 e. The molecule has 7 heteroatoms. The van der Waals surface area contributed by atoms with E-state index in [2.05, 4.69) is 10.1 Å². The van der Waals surface area contributed by atoms with Gasteiger partial charge in [0.2, 0.25) is 0 Å². The number of hydrogen-bond acceptors (Lipinski definition) is 2. The fourth-order valence-corrected chi connectivity index (χ4v) is 2.57. The maximum atomic E-state index is 12.1. The third kappa shape index (κ3) is 6.98. The van der Waals surface area contributed by atoms with E-state index in [1.807, 2.05) is 36.5 Å². The van der Waals surface area contributed by atoms with Gasteiger partial charge in [-0.05, 0) is 43.2 Å². The number of carbonyl (C=O) groups is 1. The Morgan fingerprint density at radius 1 is 1.15 bits per heavy atom. The molecule has 0 aliphatic carbocycles. The highest BCUT2D eigenvalue weighted by Gasteiger charge is 2.11. The van der Waals surface area contributed by atoms with Gasteiger partial charge in [-0.25, -0.2) is 0 Å². The molecule has 0 bridgehead atoms. The largest absolute Gasteiger partial charge is 0.435 e. The van der Waals surface area contributed by atoms with Gasteiger partial charge in [0.25, 0.3) is 5.91 Å². The summed E-state index contributed by atoms with van der Waals surface area (Å²) in [5.41, 5.74) is 2.04. The van der Waals surface area contributed by atoms with Crippen LogP contribution in [0.25, 0.3) is 0 Å². The van der Waals surface area contributed by atoms with Crippen LogP contribution in [0.5, 0.6) is 5.75 Å². The Kier molecular flexibility index (Phi) is 7.81. The van der Waals surface area contributed by atoms with Gasteiger partial charge in [0.05, 0.1) is 0 Å². The highest BCUT2D eigenvalue weighted by atomic mass is 35.5. The van der Waals surface area contributed by atoms with Crippen molar-refractivity contribution in [2.45, 2.75) is 26.0 Å². The van der Waals surface area contributed by atoms with Crippen LogP contribution < -0.4 is 15.4 Å². The second-order valence-corrected chi connectivity index (χ2v) is 6.34. The Morgan fingerprint density at radius 3 is 2.42 bits per heavy atom. The van der Waals surface area contributed by atoms with E-state index >= 15 is 0 Å². The quantitative estimate of drug-likeness (QED) is 0.699. The molecular weight excluding hydrogens is 362 g/mol. The lowest BCUT2D eigenvalue weighted by Gasteiger charge is -2.11. The number of nitrogens with one attached hydrogen (secondary N) is 1. The molecule has 26 heavy (non-hydrogen) atoms. The van der Waals surface area contributed by atoms with Crippen LogP contribution >= 0.6 is 11.6 Å². The number of nitrogens with two attached hydrogens (primary N) is 1. The van der Waals surface area contributed by atoms with Gasteiger partial charge in [-0.2, -0.15) is 8.78 Å². The van der Waals surface area contributed by atoms with Crippen molar-refractivity contribution >= 4 is 17.5 Å². The summed E-state index contributed by atoms with van der Waals surface area (Å²) in [4.78, 5) is 11.9. The van der Waals surface area contributed by atoms with Crippen molar-refractivity contribution < 1.29 is 23.6 Å². The molecule has 0 aliphatic heterocycles. The first-order valence-corrected chi connectivity index (χ1v) is 8.71. The summed E-state index contributed by atoms with van der Waals surface area (Å²) in [6.45, 7) is 0.00770. The number of quaternary nitrogens is 1. The van der Waals surface area contributed by atoms with E-state index in [1.165, 1.54) is 12.1 Å². The van der Waals surface area contributed by atoms with Gasteiger partial charge in [0, 0.05) is 17.1 Å². The molecule has 0 spiro atoms. The summed E-state index contributed by atoms with van der Waals surface area (Å²) < 4.78 is 28.5. The van der Waals surface area contributed by atoms with Crippen molar-refractivity contribution in [2.24, 2.45) is 0 Å². The molecule has 140 valence electrons. The number of amides is 1. The monoisotopic (exact) mass is 383 g/mol. The number of ether oxygens (including phenoxy) is 1. The Balaban J connectivity index is 1.67. The van der Waals surface area contributed by atoms with E-state index in [0.717, 1.165) is 11.1 Å². The second kappa shape index (κ2) is 10.1. The summed E-state index contributed by atoms with van der Waals surface area (Å²) in [6.07, 6.45) is 0.618. The van der Waals surface area contributed by atoms with E-state index in [9.17, 15) is 13.6 Å². The number of alkyl halides is 2. The molecule has 0 heterocycles. The fourth-order valence-electron chi connectivity index (χ4n) is 2.44. The van der Waals surface area contributed by atoms with Gasteiger partial charge in [-0.15, -0.1) is 0 Å². The Bertz CT molecular complexity index is 694. The van der Waals surface area contributed by atoms with Crippen molar-refractivity contribution in [3.05, 3.63) is 64.7 Å². The van der Waals surface area contributed by atoms with E-state index < -0.39 is 6.61 Å². The zero-order chi connectivity index (χ0) is 18.9. The van der Waals surface area contributed by atoms with Crippen molar-refractivity contribution in [2.75, 3.05) is 13.1 Å². The predicted molar refractivity (Wildman–Crippen MR) is 96.4 cm³/mol. The summed E-state index contributed by atoms with van der Waals surface area (Å²) in [7, 11) is 0. The minimum absolute atomic E-state index is 0.0523. The third-order valence-corrected chi connectivity index (χ3v) is 4.19. The van der Waals surface area contributed by atoms with E-state index in [1.54, 1.807) is 12.1 Å². The lowest BCUT2D eigenvalue weighted by Crippen LogP contribution is -2.87. The summed E-state index contributed by atoms with van der Waals surface area (Å²) >= 11 is 5.87. The molecule has 0 radical (unpaired) electrons. The maximum absolute atomic E-state index is 12.1. The zero-order valence-corrected chi connectivity index (χ0v) is 15.2. The van der Waals surface area contributed by atoms with Crippen molar-refractivity contribution in [3.63, 3.8) is 0 Å². The molecule has 0 saturated heterocycles. The van der Waals surface area contributed by atoms with Crippen LogP contribution in [0.4, 0.5) is 8.78 Å². The Labute approximate surface area is 156 Å². The molecule has 0 saturated carbocycles. The first-order valence-electron chi connectivity index (χ1n) is 8.33. The van der Waals surface area contributed by atoms with Gasteiger partial charge >= 0.3 is 6.61 Å². The average molecular weight is 384 g/mol. The fraction of sp³-hybridized carbons (Fsp3) is 0.316. The molecule has 1 atom stereocenters. The van der Waals surface area contributed by atoms with Crippen molar-refractivity contribution in [3.8, 4) is 5.75 Å². The average Bonchev–Trinajstić information content (AvgIpc) is 2.61. The standard InChI is InChI=1S/C19H21ClF2N2O2/c1-13(15-4-6-16(20)7-5-15)24-12-18(25)23-11-10-14-2-8-17(9-3-14)26-19(21)22/h2-9,13,19,24H,10-12H2,1H3,(H,23,25)/p+1/t13-/m0/s1. The van der Waals surface area contributed by atoms with E-state index in [4.69, 9.17) is 11.6 Å². The number of rotatable bonds is 9. The van der Waals surface area contributed by atoms with Gasteiger partial charge in [0.15, 0.2) is 6.54 Å². The smallest absolute Gasteiger partial charge is 0.387 e. The van der Waals surface area contributed by atoms with Crippen LogP contribution in [0.2, 0.25) is 5.02 Å². The molecular formula is C19H22ClF2N2O2+. The normalized spacial score (nSPS) is 12.0. The van der Waals surface area contributed by atoms with Crippen LogP contribution in [0.3, 0.4) is 0 Å². The summed E-state index contributed by atoms with van der Waals surface area (Å²) in [6, 6.07) is 14.1. The van der Waals surface area contributed by atoms with Gasteiger partial charge in [-0.1, -0.05) is 35.9 Å². The molecule has 1 amide bonds. The number of halogens is 3. The highest BCUT2D eigenvalue weighted by Crippen LogP contribution is 2.15. The SMILES string of the molecule is C[C@H]([NH2+]CC(=O)NCCc1ccc(OC(F)F)cc1)c1ccc(Cl)cc1. The number of hydrogen-bond donors (Lipinski definition) is 2. The topological polar surface area (TPSA) is 54.9 Å². The Morgan fingerprint density at radius 2 is 1.81 bits per heavy atom. The van der Waals surface area contributed by atoms with Gasteiger partial charge in [-0.3, -0.25) is 4.79 Å². The molecule has 2 rings (SSSR count). The molecule has 0 aromatic heterocycles. The molecule has 0 fully saturated rings. The molecule has 2 aromatic carbocycles. The number of benzene rings is 2. The van der Waals surface area contributed by atoms with Crippen LogP contribution in [0.1, 0.15) is 24.1 Å². The first kappa shape index (κ1) is 20.1. The molecule has 0 unspecified atom stereocenters. The van der Waals surface area contributed by atoms with Crippen molar-refractivity contribution in [1.29, 1.82) is 0 Å². The van der Waals surface area contributed by atoms with E-state index in [0.29, 0.717) is 24.5 Å². The Hall–Kier alpha value is -2.18. The summed E-state index contributed by atoms with van der Waals surface area (Å²) in [5, 5.41) is 5.49. The van der Waals surface area contributed by atoms with Gasteiger partial charge < -0.3 is 15.4 Å². The van der Waals surface area contributed by atoms with Crippen LogP contribution in [0.15, 0.2) is 48.5 Å². The second-order valence-electron chi connectivity index (χ2n) is 5.90. The van der Waals surface area contributed by atoms with Crippen molar-refractivity contribution in [1.82, 2.24) is 5.32 Å². The molecule has 4 nitrogen and oxygen atoms in total. The van der Waals surface area contributed by atoms with E-state index in [-0.39, 0.29) is 17.7 Å². The molecule has 0 aliphatic rings. The van der Waals surface area contributed by atoms with Crippen LogP contribution in [-0.4, -0.2) is 25.6 Å². The predicted octanol–water partition coefficient (Wildman–Crippen LogP) is 2.92. The van der Waals surface area contributed by atoms with Crippen LogP contribution in [-0.2, 0) is 11.2 Å². The first-order chi connectivity index (χ1) is 12.4. The highest BCUT2D eigenvalue weighted by molar-refractivity contribution is 6.30. The number of carbonyl (C=O) groups excluding carboxylic acids is 1. The van der Waals surface area contributed by atoms with Crippen LogP contribution in [0, 0.1) is 0 Å². The minimum Gasteiger partial charge on any atom is -0.435 e. The lowest BCUT2D eigenvalue weighted by atomic mass is 10.1. The zero-order valence-electron chi connectivity index (χ0n) is 14.4. The molecule has 3 N–H and O–H groups in total. The summed E-state index contributed by atoms with van der Waals surface area (Å²) in [5.74, 6) is 0.0713. The minimum atomic E-state index is -2.83. The van der Waals surface area contributed by atoms with Gasteiger partial charge in [0.1, 0.15) is 11.8 Å².